The molecule has 0 bridgehead atoms. The quantitative estimate of drug-likeness (QED) is 0.938. The predicted molar refractivity (Wildman–Crippen MR) is 79.1 cm³/mol. The highest BCUT2D eigenvalue weighted by molar-refractivity contribution is 7.92. The van der Waals surface area contributed by atoms with Gasteiger partial charge in [0.1, 0.15) is 0 Å². The molecule has 1 saturated carbocycles. The van der Waals surface area contributed by atoms with Crippen LogP contribution in [0.15, 0.2) is 65.6 Å². The molecule has 3 atom stereocenters. The molecule has 0 aliphatic heterocycles. The van der Waals surface area contributed by atoms with Gasteiger partial charge in [-0.15, -0.1) is 0 Å². The summed E-state index contributed by atoms with van der Waals surface area (Å²) in [5, 5.41) is -0.391. The zero-order valence-electron chi connectivity index (χ0n) is 11.0. The van der Waals surface area contributed by atoms with Crippen LogP contribution in [-0.2, 0) is 9.84 Å². The fraction of sp³-hybridized carbons (Fsp3) is 0.250. The van der Waals surface area contributed by atoms with E-state index < -0.39 is 15.1 Å². The maximum atomic E-state index is 12.7. The largest absolute Gasteiger partial charge is 0.330 e. The molecule has 3 rings (SSSR count). The summed E-state index contributed by atoms with van der Waals surface area (Å²) in [5.41, 5.74) is 6.82. The molecule has 0 spiro atoms. The van der Waals surface area contributed by atoms with Crippen molar-refractivity contribution in [3.8, 4) is 0 Å². The third-order valence-corrected chi connectivity index (χ3v) is 6.27. The van der Waals surface area contributed by atoms with Crippen LogP contribution in [0.1, 0.15) is 11.5 Å². The minimum absolute atomic E-state index is 0.0163. The molecule has 4 heteroatoms. The zero-order valence-corrected chi connectivity index (χ0v) is 11.8. The summed E-state index contributed by atoms with van der Waals surface area (Å²) in [6.45, 7) is 0.399. The van der Waals surface area contributed by atoms with Crippen molar-refractivity contribution in [2.24, 2.45) is 11.7 Å². The summed E-state index contributed by atoms with van der Waals surface area (Å²) >= 11 is 0. The lowest BCUT2D eigenvalue weighted by molar-refractivity contribution is 0.591. The van der Waals surface area contributed by atoms with Gasteiger partial charge in [-0.2, -0.15) is 0 Å². The molecule has 1 aliphatic rings. The normalized spacial score (nSPS) is 25.4. The van der Waals surface area contributed by atoms with Gasteiger partial charge >= 0.3 is 0 Å². The van der Waals surface area contributed by atoms with Gasteiger partial charge in [0.15, 0.2) is 9.84 Å². The molecule has 0 saturated heterocycles. The second-order valence-corrected chi connectivity index (χ2v) is 7.26. The standard InChI is InChI=1S/C16H17NO2S/c17-11-14-15(12-7-3-1-4-8-12)16(14)20(18,19)13-9-5-2-6-10-13/h1-10,14-16H,11,17H2/t14-,15+,16+/m1/s1. The molecular formula is C16H17NO2S. The second kappa shape index (κ2) is 5.04. The van der Waals surface area contributed by atoms with Crippen LogP contribution in [0.2, 0.25) is 0 Å². The van der Waals surface area contributed by atoms with Crippen LogP contribution < -0.4 is 5.73 Å². The molecule has 0 heterocycles. The Hall–Kier alpha value is -1.65. The lowest BCUT2D eigenvalue weighted by Gasteiger charge is -2.04. The van der Waals surface area contributed by atoms with Crippen LogP contribution in [0.25, 0.3) is 0 Å². The van der Waals surface area contributed by atoms with Gasteiger partial charge in [-0.25, -0.2) is 8.42 Å². The van der Waals surface area contributed by atoms with E-state index in [0.29, 0.717) is 11.4 Å². The van der Waals surface area contributed by atoms with Crippen molar-refractivity contribution in [3.63, 3.8) is 0 Å². The number of hydrogen-bond donors (Lipinski definition) is 1. The first-order valence-corrected chi connectivity index (χ1v) is 8.25. The first-order valence-electron chi connectivity index (χ1n) is 6.70. The summed E-state index contributed by atoms with van der Waals surface area (Å²) in [4.78, 5) is 0.391. The fourth-order valence-electron chi connectivity index (χ4n) is 2.93. The molecule has 0 amide bonds. The van der Waals surface area contributed by atoms with Gasteiger partial charge in [-0.1, -0.05) is 48.5 Å². The molecule has 3 nitrogen and oxygen atoms in total. The van der Waals surface area contributed by atoms with E-state index in [1.165, 1.54) is 0 Å². The molecule has 1 fully saturated rings. The molecule has 20 heavy (non-hydrogen) atoms. The van der Waals surface area contributed by atoms with Gasteiger partial charge < -0.3 is 5.73 Å². The Morgan fingerprint density at radius 3 is 2.00 bits per heavy atom. The predicted octanol–water partition coefficient (Wildman–Crippen LogP) is 2.20. The van der Waals surface area contributed by atoms with Crippen LogP contribution >= 0.6 is 0 Å². The molecular weight excluding hydrogens is 270 g/mol. The Kier molecular flexibility index (Phi) is 3.36. The van der Waals surface area contributed by atoms with E-state index >= 15 is 0 Å². The average molecular weight is 287 g/mol. The summed E-state index contributed by atoms with van der Waals surface area (Å²) in [6.07, 6.45) is 0. The summed E-state index contributed by atoms with van der Waals surface area (Å²) in [5.74, 6) is 0.0361. The van der Waals surface area contributed by atoms with Crippen molar-refractivity contribution < 1.29 is 8.42 Å². The SMILES string of the molecule is NC[C@@H]1[C@H](c2ccccc2)[C@H]1S(=O)(=O)c1ccccc1. The second-order valence-electron chi connectivity index (χ2n) is 5.16. The molecule has 2 N–H and O–H groups in total. The van der Waals surface area contributed by atoms with Crippen molar-refractivity contribution in [1.29, 1.82) is 0 Å². The average Bonchev–Trinajstić information content (AvgIpc) is 3.24. The summed E-state index contributed by atoms with van der Waals surface area (Å²) in [7, 11) is -3.30. The molecule has 1 aliphatic carbocycles. The monoisotopic (exact) mass is 287 g/mol. The Morgan fingerprint density at radius 2 is 1.45 bits per heavy atom. The maximum absolute atomic E-state index is 12.7. The van der Waals surface area contributed by atoms with Crippen molar-refractivity contribution in [2.45, 2.75) is 16.1 Å². The molecule has 0 unspecified atom stereocenters. The van der Waals surface area contributed by atoms with Gasteiger partial charge in [0, 0.05) is 5.92 Å². The van der Waals surface area contributed by atoms with E-state index in [4.69, 9.17) is 5.73 Å². The smallest absolute Gasteiger partial charge is 0.182 e. The molecule has 0 aromatic heterocycles. The van der Waals surface area contributed by atoms with E-state index in [1.54, 1.807) is 24.3 Å². The van der Waals surface area contributed by atoms with E-state index in [-0.39, 0.29) is 11.8 Å². The van der Waals surface area contributed by atoms with Crippen LogP contribution in [0.4, 0.5) is 0 Å². The first-order chi connectivity index (χ1) is 9.66. The number of benzene rings is 2. The van der Waals surface area contributed by atoms with Gasteiger partial charge in [0.2, 0.25) is 0 Å². The van der Waals surface area contributed by atoms with Gasteiger partial charge in [0.05, 0.1) is 10.1 Å². The van der Waals surface area contributed by atoms with E-state index in [9.17, 15) is 8.42 Å². The molecule has 2 aromatic rings. The summed E-state index contributed by atoms with van der Waals surface area (Å²) in [6, 6.07) is 18.4. The van der Waals surface area contributed by atoms with E-state index in [1.807, 2.05) is 36.4 Å². The fourth-order valence-corrected chi connectivity index (χ4v) is 5.17. The lowest BCUT2D eigenvalue weighted by Crippen LogP contribution is -2.13. The Balaban J connectivity index is 1.95. The zero-order chi connectivity index (χ0) is 14.2. The van der Waals surface area contributed by atoms with E-state index in [2.05, 4.69) is 0 Å². The van der Waals surface area contributed by atoms with Crippen LogP contribution in [0, 0.1) is 5.92 Å². The van der Waals surface area contributed by atoms with Crippen molar-refractivity contribution in [1.82, 2.24) is 0 Å². The number of rotatable bonds is 4. The Labute approximate surface area is 119 Å². The van der Waals surface area contributed by atoms with Crippen LogP contribution in [-0.4, -0.2) is 20.2 Å². The molecule has 0 radical (unpaired) electrons. The highest BCUT2D eigenvalue weighted by Gasteiger charge is 2.57. The van der Waals surface area contributed by atoms with Gasteiger partial charge in [-0.05, 0) is 30.2 Å². The van der Waals surface area contributed by atoms with Gasteiger partial charge in [-0.3, -0.25) is 0 Å². The van der Waals surface area contributed by atoms with Crippen molar-refractivity contribution in [3.05, 3.63) is 66.2 Å². The third kappa shape index (κ3) is 2.15. The van der Waals surface area contributed by atoms with Gasteiger partial charge in [0.25, 0.3) is 0 Å². The Bertz CT molecular complexity index is 683. The minimum Gasteiger partial charge on any atom is -0.330 e. The van der Waals surface area contributed by atoms with Crippen molar-refractivity contribution in [2.75, 3.05) is 6.54 Å². The first kappa shape index (κ1) is 13.3. The minimum atomic E-state index is -3.30. The highest BCUT2D eigenvalue weighted by atomic mass is 32.2. The number of nitrogens with two attached hydrogens (primary N) is 1. The third-order valence-electron chi connectivity index (χ3n) is 3.98. The number of hydrogen-bond acceptors (Lipinski definition) is 3. The van der Waals surface area contributed by atoms with Crippen LogP contribution in [0.5, 0.6) is 0 Å². The summed E-state index contributed by atoms with van der Waals surface area (Å²) < 4.78 is 25.4. The number of sulfone groups is 1. The molecule has 2 aromatic carbocycles. The molecule has 104 valence electrons. The van der Waals surface area contributed by atoms with Crippen molar-refractivity contribution >= 4 is 9.84 Å². The highest BCUT2D eigenvalue weighted by Crippen LogP contribution is 2.53. The topological polar surface area (TPSA) is 60.2 Å². The van der Waals surface area contributed by atoms with E-state index in [0.717, 1.165) is 5.56 Å². The Morgan fingerprint density at radius 1 is 0.900 bits per heavy atom. The maximum Gasteiger partial charge on any atom is 0.182 e. The lowest BCUT2D eigenvalue weighted by atomic mass is 10.1. The van der Waals surface area contributed by atoms with Crippen LogP contribution in [0.3, 0.4) is 0 Å².